The predicted octanol–water partition coefficient (Wildman–Crippen LogP) is 3.69. The Kier molecular flexibility index (Phi) is 5.55. The third kappa shape index (κ3) is 4.33. The van der Waals surface area contributed by atoms with Gasteiger partial charge in [-0.25, -0.2) is 4.98 Å². The molecule has 5 rings (SSSR count). The van der Waals surface area contributed by atoms with Gasteiger partial charge in [0.2, 0.25) is 0 Å². The minimum absolute atomic E-state index is 0.284. The fourth-order valence-corrected chi connectivity index (χ4v) is 5.77. The molecule has 1 amide bonds. The highest BCUT2D eigenvalue weighted by atomic mass is 32.1. The maximum absolute atomic E-state index is 13.2. The number of piperazine rings is 1. The lowest BCUT2D eigenvalue weighted by molar-refractivity contribution is 0.0641. The largest absolute Gasteiger partial charge is 0.354 e. The van der Waals surface area contributed by atoms with E-state index in [2.05, 4.69) is 43.3 Å². The molecule has 154 valence electrons. The van der Waals surface area contributed by atoms with E-state index in [0.717, 1.165) is 62.9 Å². The van der Waals surface area contributed by atoms with Crippen molar-refractivity contribution in [1.29, 1.82) is 0 Å². The summed E-state index contributed by atoms with van der Waals surface area (Å²) in [6, 6.07) is 8.31. The van der Waals surface area contributed by atoms with Crippen molar-refractivity contribution in [3.63, 3.8) is 0 Å². The van der Waals surface area contributed by atoms with Gasteiger partial charge in [0.15, 0.2) is 0 Å². The summed E-state index contributed by atoms with van der Waals surface area (Å²) in [5, 5.41) is 2.10. The first-order valence-electron chi connectivity index (χ1n) is 11.0. The molecule has 2 saturated heterocycles. The number of aromatic nitrogens is 1. The van der Waals surface area contributed by atoms with Crippen LogP contribution in [-0.4, -0.2) is 66.5 Å². The number of carbonyl (C=O) groups excluding carboxylic acids is 1. The molecule has 1 atom stereocenters. The first-order chi connectivity index (χ1) is 14.3. The number of piperidine rings is 1. The third-order valence-electron chi connectivity index (χ3n) is 6.58. The molecule has 0 spiro atoms. The summed E-state index contributed by atoms with van der Waals surface area (Å²) >= 11 is 1.64. The fraction of sp³-hybridized carbons (Fsp3) is 0.565. The van der Waals surface area contributed by atoms with E-state index in [4.69, 9.17) is 0 Å². The molecular weight excluding hydrogens is 380 g/mol. The van der Waals surface area contributed by atoms with Gasteiger partial charge in [0.25, 0.3) is 5.91 Å². The molecule has 3 aliphatic rings. The SMILES string of the molecule is O=C(c1sccc1C1CC1)N1CCCC(CN2CCN(c3ccccn3)CC2)C1. The standard InChI is InChI=1S/C23H30N4OS/c28-23(22-20(8-15-29-22)19-6-7-19)27-10-3-4-18(17-27)16-25-11-13-26(14-12-25)21-5-1-2-9-24-21/h1-2,5,8-9,15,18-19H,3-4,6-7,10-14,16-17H2. The Labute approximate surface area is 177 Å². The maximum Gasteiger partial charge on any atom is 0.264 e. The molecule has 1 aliphatic carbocycles. The molecule has 1 unspecified atom stereocenters. The van der Waals surface area contributed by atoms with Gasteiger partial charge in [0.1, 0.15) is 5.82 Å². The first-order valence-corrected chi connectivity index (χ1v) is 11.9. The van der Waals surface area contributed by atoms with E-state index in [9.17, 15) is 4.79 Å². The first kappa shape index (κ1) is 19.1. The summed E-state index contributed by atoms with van der Waals surface area (Å²) in [5.41, 5.74) is 1.31. The maximum atomic E-state index is 13.2. The Morgan fingerprint density at radius 3 is 2.69 bits per heavy atom. The number of carbonyl (C=O) groups is 1. The number of thiophene rings is 1. The van der Waals surface area contributed by atoms with Crippen LogP contribution in [0.1, 0.15) is 46.8 Å². The molecule has 4 heterocycles. The average molecular weight is 411 g/mol. The molecule has 3 fully saturated rings. The Morgan fingerprint density at radius 1 is 1.07 bits per heavy atom. The fourth-order valence-electron chi connectivity index (χ4n) is 4.82. The Hall–Kier alpha value is -1.92. The summed E-state index contributed by atoms with van der Waals surface area (Å²) in [6.45, 7) is 7.18. The van der Waals surface area contributed by atoms with Crippen molar-refractivity contribution < 1.29 is 4.79 Å². The van der Waals surface area contributed by atoms with Gasteiger partial charge in [-0.1, -0.05) is 6.07 Å². The van der Waals surface area contributed by atoms with Crippen LogP contribution in [0, 0.1) is 5.92 Å². The van der Waals surface area contributed by atoms with Crippen molar-refractivity contribution in [3.8, 4) is 0 Å². The molecular formula is C23H30N4OS. The molecule has 2 aromatic heterocycles. The van der Waals surface area contributed by atoms with Crippen molar-refractivity contribution in [3.05, 3.63) is 46.3 Å². The summed E-state index contributed by atoms with van der Waals surface area (Å²) in [5.74, 6) is 2.62. The molecule has 1 saturated carbocycles. The Morgan fingerprint density at radius 2 is 1.93 bits per heavy atom. The number of anilines is 1. The van der Waals surface area contributed by atoms with Crippen LogP contribution in [0.5, 0.6) is 0 Å². The van der Waals surface area contributed by atoms with Crippen LogP contribution >= 0.6 is 11.3 Å². The van der Waals surface area contributed by atoms with Crippen LogP contribution in [0.25, 0.3) is 0 Å². The number of rotatable bonds is 5. The predicted molar refractivity (Wildman–Crippen MR) is 118 cm³/mol. The van der Waals surface area contributed by atoms with Crippen LogP contribution in [-0.2, 0) is 0 Å². The smallest absolute Gasteiger partial charge is 0.264 e. The van der Waals surface area contributed by atoms with Crippen LogP contribution in [0.3, 0.4) is 0 Å². The van der Waals surface area contributed by atoms with E-state index in [0.29, 0.717) is 11.8 Å². The van der Waals surface area contributed by atoms with E-state index < -0.39 is 0 Å². The zero-order chi connectivity index (χ0) is 19.6. The van der Waals surface area contributed by atoms with Crippen LogP contribution < -0.4 is 4.90 Å². The molecule has 6 heteroatoms. The zero-order valence-electron chi connectivity index (χ0n) is 17.0. The number of amides is 1. The van der Waals surface area contributed by atoms with E-state index >= 15 is 0 Å². The number of hydrogen-bond acceptors (Lipinski definition) is 5. The number of nitrogens with zero attached hydrogens (tertiary/aromatic N) is 4. The van der Waals surface area contributed by atoms with Crippen molar-refractivity contribution >= 4 is 23.1 Å². The van der Waals surface area contributed by atoms with E-state index in [1.54, 1.807) is 11.3 Å². The van der Waals surface area contributed by atoms with E-state index in [-0.39, 0.29) is 5.91 Å². The van der Waals surface area contributed by atoms with E-state index in [1.165, 1.54) is 24.8 Å². The highest BCUT2D eigenvalue weighted by molar-refractivity contribution is 7.12. The Bertz CT molecular complexity index is 826. The van der Waals surface area contributed by atoms with Crippen molar-refractivity contribution in [2.45, 2.75) is 31.6 Å². The number of hydrogen-bond donors (Lipinski definition) is 0. The molecule has 29 heavy (non-hydrogen) atoms. The van der Waals surface area contributed by atoms with Gasteiger partial charge in [-0.05, 0) is 66.7 Å². The van der Waals surface area contributed by atoms with Crippen LogP contribution in [0.4, 0.5) is 5.82 Å². The monoisotopic (exact) mass is 410 g/mol. The van der Waals surface area contributed by atoms with Gasteiger partial charge in [-0.2, -0.15) is 0 Å². The summed E-state index contributed by atoms with van der Waals surface area (Å²) in [6.07, 6.45) is 6.75. The minimum Gasteiger partial charge on any atom is -0.354 e. The summed E-state index contributed by atoms with van der Waals surface area (Å²) in [7, 11) is 0. The number of pyridine rings is 1. The second-order valence-corrected chi connectivity index (χ2v) is 9.63. The molecule has 0 N–H and O–H groups in total. The minimum atomic E-state index is 0.284. The van der Waals surface area contributed by atoms with Gasteiger partial charge in [0, 0.05) is 52.0 Å². The summed E-state index contributed by atoms with van der Waals surface area (Å²) in [4.78, 5) is 25.8. The van der Waals surface area contributed by atoms with Crippen molar-refractivity contribution in [2.24, 2.45) is 5.92 Å². The van der Waals surface area contributed by atoms with Gasteiger partial charge in [0.05, 0.1) is 4.88 Å². The second-order valence-electron chi connectivity index (χ2n) is 8.71. The molecule has 0 aromatic carbocycles. The molecule has 0 bridgehead atoms. The van der Waals surface area contributed by atoms with E-state index in [1.807, 2.05) is 12.3 Å². The lowest BCUT2D eigenvalue weighted by Crippen LogP contribution is -2.50. The van der Waals surface area contributed by atoms with Crippen LogP contribution in [0.2, 0.25) is 0 Å². The highest BCUT2D eigenvalue weighted by Gasteiger charge is 2.32. The average Bonchev–Trinajstić information content (AvgIpc) is 3.51. The highest BCUT2D eigenvalue weighted by Crippen LogP contribution is 2.43. The van der Waals surface area contributed by atoms with Crippen molar-refractivity contribution in [1.82, 2.24) is 14.8 Å². The van der Waals surface area contributed by atoms with Crippen LogP contribution in [0.15, 0.2) is 35.8 Å². The van der Waals surface area contributed by atoms with Gasteiger partial charge >= 0.3 is 0 Å². The third-order valence-corrected chi connectivity index (χ3v) is 7.49. The molecule has 5 nitrogen and oxygen atoms in total. The molecule has 2 aromatic rings. The van der Waals surface area contributed by atoms with Gasteiger partial charge in [-0.15, -0.1) is 11.3 Å². The zero-order valence-corrected chi connectivity index (χ0v) is 17.8. The molecule has 0 radical (unpaired) electrons. The van der Waals surface area contributed by atoms with Gasteiger partial charge in [-0.3, -0.25) is 9.69 Å². The number of likely N-dealkylation sites (tertiary alicyclic amines) is 1. The lowest BCUT2D eigenvalue weighted by Gasteiger charge is -2.39. The molecule has 2 aliphatic heterocycles. The summed E-state index contributed by atoms with van der Waals surface area (Å²) < 4.78 is 0. The second kappa shape index (κ2) is 8.44. The van der Waals surface area contributed by atoms with Gasteiger partial charge < -0.3 is 9.80 Å². The van der Waals surface area contributed by atoms with Crippen molar-refractivity contribution in [2.75, 3.05) is 50.7 Å². The Balaban J connectivity index is 1.15. The normalized spacial score (nSPS) is 23.4. The quantitative estimate of drug-likeness (QED) is 0.754. The lowest BCUT2D eigenvalue weighted by atomic mass is 9.96. The topological polar surface area (TPSA) is 39.7 Å².